The van der Waals surface area contributed by atoms with E-state index in [4.69, 9.17) is 4.99 Å². The van der Waals surface area contributed by atoms with Crippen molar-refractivity contribution in [3.63, 3.8) is 0 Å². The first-order valence-corrected chi connectivity index (χ1v) is 12.3. The number of imidazole rings is 1. The van der Waals surface area contributed by atoms with Crippen LogP contribution in [0.4, 0.5) is 5.69 Å². The number of aryl methyl sites for hydroxylation is 1. The Bertz CT molecular complexity index is 1220. The average molecular weight is 464 g/mol. The molecule has 1 aromatic heterocycles. The predicted octanol–water partition coefficient (Wildman–Crippen LogP) is 3.53. The molecule has 3 aromatic rings. The van der Waals surface area contributed by atoms with Crippen LogP contribution in [0, 0.1) is 0 Å². The number of unbranched alkanes of at least 4 members (excludes halogenated alkanes) is 1. The van der Waals surface area contributed by atoms with Gasteiger partial charge in [-0.25, -0.2) is 9.79 Å². The summed E-state index contributed by atoms with van der Waals surface area (Å²) < 4.78 is 2.86. The number of piperazine rings is 1. The first-order valence-electron chi connectivity index (χ1n) is 11.5. The SMILES string of the molecule is Cn1cc(O)n(CCCCN2CCN(C3=Nc4ccccc4Sc4ccccc43)CC2)c1=O. The van der Waals surface area contributed by atoms with Crippen LogP contribution in [0.3, 0.4) is 0 Å². The highest BCUT2D eigenvalue weighted by molar-refractivity contribution is 7.99. The van der Waals surface area contributed by atoms with Crippen molar-refractivity contribution in [3.8, 4) is 5.88 Å². The van der Waals surface area contributed by atoms with Crippen LogP contribution in [-0.2, 0) is 13.6 Å². The summed E-state index contributed by atoms with van der Waals surface area (Å²) in [4.78, 5) is 24.4. The summed E-state index contributed by atoms with van der Waals surface area (Å²) >= 11 is 1.79. The molecule has 0 aliphatic carbocycles. The van der Waals surface area contributed by atoms with Gasteiger partial charge in [0.25, 0.3) is 0 Å². The van der Waals surface area contributed by atoms with E-state index in [2.05, 4.69) is 58.3 Å². The summed E-state index contributed by atoms with van der Waals surface area (Å²) in [6.45, 7) is 5.42. The van der Waals surface area contributed by atoms with Gasteiger partial charge >= 0.3 is 5.69 Å². The van der Waals surface area contributed by atoms with Crippen molar-refractivity contribution in [2.75, 3.05) is 32.7 Å². The molecule has 3 heterocycles. The minimum atomic E-state index is -0.162. The van der Waals surface area contributed by atoms with E-state index in [-0.39, 0.29) is 11.6 Å². The Morgan fingerprint density at radius 1 is 0.939 bits per heavy atom. The molecule has 0 bridgehead atoms. The van der Waals surface area contributed by atoms with Crippen molar-refractivity contribution in [3.05, 3.63) is 70.8 Å². The first-order chi connectivity index (χ1) is 16.1. The van der Waals surface area contributed by atoms with Crippen LogP contribution >= 0.6 is 11.8 Å². The molecule has 2 aliphatic heterocycles. The molecule has 33 heavy (non-hydrogen) atoms. The number of aromatic nitrogens is 2. The van der Waals surface area contributed by atoms with Crippen LogP contribution < -0.4 is 5.69 Å². The van der Waals surface area contributed by atoms with Gasteiger partial charge in [0.2, 0.25) is 5.88 Å². The van der Waals surface area contributed by atoms with Crippen LogP contribution in [-0.4, -0.2) is 62.6 Å². The monoisotopic (exact) mass is 463 g/mol. The molecule has 1 fully saturated rings. The Hall–Kier alpha value is -2.97. The summed E-state index contributed by atoms with van der Waals surface area (Å²) in [7, 11) is 1.66. The van der Waals surface area contributed by atoms with Crippen molar-refractivity contribution in [2.45, 2.75) is 29.2 Å². The molecule has 172 valence electrons. The summed E-state index contributed by atoms with van der Waals surface area (Å²) in [5.41, 5.74) is 2.08. The van der Waals surface area contributed by atoms with Gasteiger partial charge in [0.05, 0.1) is 11.9 Å². The van der Waals surface area contributed by atoms with E-state index in [9.17, 15) is 9.90 Å². The van der Waals surface area contributed by atoms with Crippen LogP contribution in [0.25, 0.3) is 0 Å². The van der Waals surface area contributed by atoms with Crippen LogP contribution in [0.15, 0.2) is 74.3 Å². The Morgan fingerprint density at radius 2 is 1.64 bits per heavy atom. The Kier molecular flexibility index (Phi) is 6.28. The molecule has 0 atom stereocenters. The Morgan fingerprint density at radius 3 is 2.39 bits per heavy atom. The lowest BCUT2D eigenvalue weighted by Gasteiger charge is -2.36. The normalized spacial score (nSPS) is 16.2. The van der Waals surface area contributed by atoms with Gasteiger partial charge in [-0.15, -0.1) is 0 Å². The maximum atomic E-state index is 12.0. The standard InChI is InChI=1S/C25H29N5O2S/c1-27-18-23(31)30(25(27)32)13-7-6-12-28-14-16-29(17-15-28)24-19-8-2-4-10-21(19)33-22-11-5-3-9-20(22)26-24/h2-5,8-11,18,31H,6-7,12-17H2,1H3. The van der Waals surface area contributed by atoms with Crippen molar-refractivity contribution in [1.29, 1.82) is 0 Å². The zero-order chi connectivity index (χ0) is 22.8. The molecule has 1 N–H and O–H groups in total. The molecule has 1 saturated heterocycles. The third kappa shape index (κ3) is 4.58. The molecule has 0 unspecified atom stereocenters. The highest BCUT2D eigenvalue weighted by atomic mass is 32.2. The number of aliphatic imine (C=N–C) groups is 1. The lowest BCUT2D eigenvalue weighted by Crippen LogP contribution is -2.49. The van der Waals surface area contributed by atoms with E-state index < -0.39 is 0 Å². The molecule has 2 aliphatic rings. The topological polar surface area (TPSA) is 66.0 Å². The third-order valence-corrected chi connectivity index (χ3v) is 7.48. The van der Waals surface area contributed by atoms with Crippen LogP contribution in [0.1, 0.15) is 18.4 Å². The smallest absolute Gasteiger partial charge is 0.330 e. The van der Waals surface area contributed by atoms with Gasteiger partial charge in [-0.1, -0.05) is 42.1 Å². The molecule has 7 nitrogen and oxygen atoms in total. The molecule has 0 radical (unpaired) electrons. The van der Waals surface area contributed by atoms with Crippen molar-refractivity contribution in [2.24, 2.45) is 12.0 Å². The third-order valence-electron chi connectivity index (χ3n) is 6.34. The number of nitrogens with zero attached hydrogens (tertiary/aromatic N) is 5. The highest BCUT2D eigenvalue weighted by Crippen LogP contribution is 2.40. The van der Waals surface area contributed by atoms with Crippen LogP contribution in [0.2, 0.25) is 0 Å². The fraction of sp³-hybridized carbons (Fsp3) is 0.360. The first kappa shape index (κ1) is 21.9. The Labute approximate surface area is 198 Å². The minimum Gasteiger partial charge on any atom is -0.493 e. The Balaban J connectivity index is 1.20. The molecule has 0 spiro atoms. The maximum Gasteiger partial charge on any atom is 0.330 e. The zero-order valence-corrected chi connectivity index (χ0v) is 19.7. The van der Waals surface area contributed by atoms with Crippen LogP contribution in [0.5, 0.6) is 5.88 Å². The van der Waals surface area contributed by atoms with E-state index in [1.165, 1.54) is 30.7 Å². The second-order valence-electron chi connectivity index (χ2n) is 8.57. The molecule has 0 saturated carbocycles. The van der Waals surface area contributed by atoms with E-state index in [0.29, 0.717) is 6.54 Å². The van der Waals surface area contributed by atoms with Crippen molar-refractivity contribution < 1.29 is 5.11 Å². The van der Waals surface area contributed by atoms with Gasteiger partial charge in [-0.05, 0) is 37.6 Å². The maximum absolute atomic E-state index is 12.0. The van der Waals surface area contributed by atoms with E-state index in [1.54, 1.807) is 18.8 Å². The fourth-order valence-corrected chi connectivity index (χ4v) is 5.51. The molecule has 5 rings (SSSR count). The minimum absolute atomic E-state index is 0.0420. The summed E-state index contributed by atoms with van der Waals surface area (Å²) in [5.74, 6) is 1.11. The number of hydrogen-bond donors (Lipinski definition) is 1. The number of hydrogen-bond acceptors (Lipinski definition) is 6. The highest BCUT2D eigenvalue weighted by Gasteiger charge is 2.25. The number of aromatic hydroxyl groups is 1. The average Bonchev–Trinajstić information content (AvgIpc) is 2.98. The molecule has 0 amide bonds. The number of rotatable bonds is 5. The lowest BCUT2D eigenvalue weighted by atomic mass is 10.1. The largest absolute Gasteiger partial charge is 0.493 e. The van der Waals surface area contributed by atoms with Crippen molar-refractivity contribution >= 4 is 23.3 Å². The molecule has 8 heteroatoms. The van der Waals surface area contributed by atoms with Gasteiger partial charge in [0.1, 0.15) is 5.84 Å². The van der Waals surface area contributed by atoms with E-state index in [1.807, 2.05) is 0 Å². The molecular formula is C25H29N5O2S. The van der Waals surface area contributed by atoms with Crippen molar-refractivity contribution in [1.82, 2.24) is 18.9 Å². The summed E-state index contributed by atoms with van der Waals surface area (Å²) in [5, 5.41) is 9.88. The number of benzene rings is 2. The molecular weight excluding hydrogens is 434 g/mol. The van der Waals surface area contributed by atoms with E-state index >= 15 is 0 Å². The summed E-state index contributed by atoms with van der Waals surface area (Å²) in [6.07, 6.45) is 3.33. The predicted molar refractivity (Wildman–Crippen MR) is 132 cm³/mol. The quantitative estimate of drug-likeness (QED) is 0.587. The molecule has 2 aromatic carbocycles. The van der Waals surface area contributed by atoms with E-state index in [0.717, 1.165) is 57.1 Å². The number of fused-ring (bicyclic) bond motifs is 2. The second kappa shape index (κ2) is 9.49. The van der Waals surface area contributed by atoms with Gasteiger partial charge in [0.15, 0.2) is 0 Å². The lowest BCUT2D eigenvalue weighted by molar-refractivity contribution is 0.179. The fourth-order valence-electron chi connectivity index (χ4n) is 4.50. The summed E-state index contributed by atoms with van der Waals surface area (Å²) in [6, 6.07) is 16.9. The number of amidine groups is 1. The van der Waals surface area contributed by atoms with Gasteiger partial charge < -0.3 is 10.0 Å². The van der Waals surface area contributed by atoms with Gasteiger partial charge in [-0.3, -0.25) is 14.0 Å². The van der Waals surface area contributed by atoms with Gasteiger partial charge in [-0.2, -0.15) is 0 Å². The second-order valence-corrected chi connectivity index (χ2v) is 9.65. The van der Waals surface area contributed by atoms with Gasteiger partial charge in [0, 0.05) is 55.1 Å². The zero-order valence-electron chi connectivity index (χ0n) is 18.9. The number of para-hydroxylation sites is 1.